The molecule has 0 spiro atoms. The lowest BCUT2D eigenvalue weighted by atomic mass is 10.2. The predicted octanol–water partition coefficient (Wildman–Crippen LogP) is 2.09. The van der Waals surface area contributed by atoms with Gasteiger partial charge in [-0.1, -0.05) is 0 Å². The molecule has 0 aliphatic heterocycles. The van der Waals surface area contributed by atoms with Gasteiger partial charge in [-0.25, -0.2) is 4.98 Å². The number of aromatic nitrogens is 2. The topological polar surface area (TPSA) is 67.2 Å². The van der Waals surface area contributed by atoms with Gasteiger partial charge in [-0.15, -0.1) is 11.3 Å². The average molecular weight is 325 g/mol. The van der Waals surface area contributed by atoms with Crippen LogP contribution in [0, 0.1) is 6.92 Å². The first-order valence-electron chi connectivity index (χ1n) is 6.67. The molecule has 2 N–H and O–H groups in total. The largest absolute Gasteiger partial charge is 0.394 e. The predicted molar refractivity (Wildman–Crippen MR) is 87.5 cm³/mol. The number of thiazole rings is 1. The highest BCUT2D eigenvalue weighted by molar-refractivity contribution is 7.98. The summed E-state index contributed by atoms with van der Waals surface area (Å²) in [6, 6.07) is 3.61. The summed E-state index contributed by atoms with van der Waals surface area (Å²) >= 11 is 3.17. The number of carbonyl (C=O) groups excluding carboxylic acids is 1. The van der Waals surface area contributed by atoms with Crippen molar-refractivity contribution >= 4 is 29.0 Å². The van der Waals surface area contributed by atoms with Crippen LogP contribution in [-0.2, 0) is 0 Å². The van der Waals surface area contributed by atoms with Crippen molar-refractivity contribution in [2.75, 3.05) is 18.6 Å². The average Bonchev–Trinajstić information content (AvgIpc) is 3.12. The molecule has 0 aliphatic rings. The Hall–Kier alpha value is -1.31. The van der Waals surface area contributed by atoms with E-state index in [0.717, 1.165) is 22.2 Å². The standard InChI is InChI=1S/C14H19N3O2S2/c1-10-12(13(19)15-11(9-18)5-8-20-2)16-14(21-10)17-6-3-4-7-17/h3-4,6-7,11,18H,5,8-9H2,1-2H3,(H,15,19)/t11-/m1/s1. The van der Waals surface area contributed by atoms with E-state index in [4.69, 9.17) is 0 Å². The van der Waals surface area contributed by atoms with Crippen molar-refractivity contribution < 1.29 is 9.90 Å². The first-order chi connectivity index (χ1) is 10.2. The van der Waals surface area contributed by atoms with Crippen molar-refractivity contribution in [1.29, 1.82) is 0 Å². The molecule has 0 aromatic carbocycles. The summed E-state index contributed by atoms with van der Waals surface area (Å²) in [5, 5.41) is 12.9. The van der Waals surface area contributed by atoms with E-state index in [-0.39, 0.29) is 18.6 Å². The Balaban J connectivity index is 2.08. The number of hydrogen-bond donors (Lipinski definition) is 2. The van der Waals surface area contributed by atoms with E-state index in [2.05, 4.69) is 10.3 Å². The van der Waals surface area contributed by atoms with Crippen LogP contribution in [0.3, 0.4) is 0 Å². The fourth-order valence-electron chi connectivity index (χ4n) is 1.89. The summed E-state index contributed by atoms with van der Waals surface area (Å²) in [5.74, 6) is 0.679. The molecule has 0 unspecified atom stereocenters. The van der Waals surface area contributed by atoms with Crippen molar-refractivity contribution in [3.63, 3.8) is 0 Å². The minimum atomic E-state index is -0.221. The maximum Gasteiger partial charge on any atom is 0.271 e. The van der Waals surface area contributed by atoms with Gasteiger partial charge in [0.25, 0.3) is 5.91 Å². The van der Waals surface area contributed by atoms with Gasteiger partial charge in [0.1, 0.15) is 5.69 Å². The zero-order valence-electron chi connectivity index (χ0n) is 12.1. The van der Waals surface area contributed by atoms with Crippen LogP contribution < -0.4 is 5.32 Å². The molecule has 2 rings (SSSR count). The van der Waals surface area contributed by atoms with E-state index in [1.807, 2.05) is 42.3 Å². The molecule has 7 heteroatoms. The number of aliphatic hydroxyl groups excluding tert-OH is 1. The van der Waals surface area contributed by atoms with Crippen LogP contribution in [0.4, 0.5) is 0 Å². The van der Waals surface area contributed by atoms with Crippen molar-refractivity contribution in [2.24, 2.45) is 0 Å². The van der Waals surface area contributed by atoms with Crippen molar-refractivity contribution in [2.45, 2.75) is 19.4 Å². The first kappa shape index (κ1) is 16.1. The minimum absolute atomic E-state index is 0.0556. The van der Waals surface area contributed by atoms with Crippen LogP contribution in [0.1, 0.15) is 21.8 Å². The highest BCUT2D eigenvalue weighted by Gasteiger charge is 2.19. The van der Waals surface area contributed by atoms with E-state index in [1.54, 1.807) is 11.8 Å². The third kappa shape index (κ3) is 4.09. The summed E-state index contributed by atoms with van der Waals surface area (Å²) in [5.41, 5.74) is 0.436. The molecule has 2 heterocycles. The van der Waals surface area contributed by atoms with Crippen LogP contribution in [0.2, 0.25) is 0 Å². The number of aliphatic hydroxyl groups is 1. The lowest BCUT2D eigenvalue weighted by molar-refractivity contribution is 0.0910. The normalized spacial score (nSPS) is 12.3. The fraction of sp³-hybridized carbons (Fsp3) is 0.429. The van der Waals surface area contributed by atoms with E-state index in [9.17, 15) is 9.90 Å². The number of thioether (sulfide) groups is 1. The van der Waals surface area contributed by atoms with E-state index in [0.29, 0.717) is 5.69 Å². The Kier molecular flexibility index (Phi) is 5.84. The molecule has 21 heavy (non-hydrogen) atoms. The van der Waals surface area contributed by atoms with Gasteiger partial charge in [-0.3, -0.25) is 4.79 Å². The molecule has 1 amide bonds. The van der Waals surface area contributed by atoms with Gasteiger partial charge in [0, 0.05) is 17.3 Å². The van der Waals surface area contributed by atoms with E-state index in [1.165, 1.54) is 11.3 Å². The van der Waals surface area contributed by atoms with Gasteiger partial charge in [0.15, 0.2) is 5.13 Å². The van der Waals surface area contributed by atoms with Crippen LogP contribution >= 0.6 is 23.1 Å². The highest BCUT2D eigenvalue weighted by Crippen LogP contribution is 2.21. The maximum absolute atomic E-state index is 12.3. The van der Waals surface area contributed by atoms with Gasteiger partial charge in [-0.05, 0) is 37.5 Å². The highest BCUT2D eigenvalue weighted by atomic mass is 32.2. The summed E-state index contributed by atoms with van der Waals surface area (Å²) in [4.78, 5) is 17.6. The van der Waals surface area contributed by atoms with Crippen molar-refractivity contribution in [3.8, 4) is 5.13 Å². The quantitative estimate of drug-likeness (QED) is 0.818. The maximum atomic E-state index is 12.3. The molecule has 0 radical (unpaired) electrons. The summed E-state index contributed by atoms with van der Waals surface area (Å²) in [6.07, 6.45) is 6.55. The fourth-order valence-corrected chi connectivity index (χ4v) is 3.28. The van der Waals surface area contributed by atoms with Gasteiger partial charge in [0.05, 0.1) is 12.6 Å². The Morgan fingerprint density at radius 2 is 2.24 bits per heavy atom. The van der Waals surface area contributed by atoms with Gasteiger partial charge in [-0.2, -0.15) is 11.8 Å². The molecule has 2 aromatic rings. The second-order valence-electron chi connectivity index (χ2n) is 4.63. The van der Waals surface area contributed by atoms with Crippen LogP contribution in [0.25, 0.3) is 5.13 Å². The number of hydrogen-bond acceptors (Lipinski definition) is 5. The van der Waals surface area contributed by atoms with Crippen LogP contribution in [-0.4, -0.2) is 45.2 Å². The number of nitrogens with one attached hydrogen (secondary N) is 1. The lowest BCUT2D eigenvalue weighted by Crippen LogP contribution is -2.38. The molecule has 1 atom stereocenters. The van der Waals surface area contributed by atoms with Gasteiger partial charge >= 0.3 is 0 Å². The number of carbonyl (C=O) groups is 1. The zero-order chi connectivity index (χ0) is 15.2. The van der Waals surface area contributed by atoms with Gasteiger partial charge in [0.2, 0.25) is 0 Å². The summed E-state index contributed by atoms with van der Waals surface area (Å²) in [6.45, 7) is 1.83. The number of nitrogens with zero attached hydrogens (tertiary/aromatic N) is 2. The molecule has 0 saturated carbocycles. The third-order valence-corrected chi connectivity index (χ3v) is 4.68. The second-order valence-corrected chi connectivity index (χ2v) is 6.79. The molecule has 114 valence electrons. The van der Waals surface area contributed by atoms with Crippen molar-refractivity contribution in [3.05, 3.63) is 35.1 Å². The third-order valence-electron chi connectivity index (χ3n) is 3.05. The molecule has 5 nitrogen and oxygen atoms in total. The summed E-state index contributed by atoms with van der Waals surface area (Å²) < 4.78 is 1.88. The molecule has 2 aromatic heterocycles. The first-order valence-corrected chi connectivity index (χ1v) is 8.88. The molecule has 0 fully saturated rings. The summed E-state index contributed by atoms with van der Waals surface area (Å²) in [7, 11) is 0. The van der Waals surface area contributed by atoms with Crippen molar-refractivity contribution in [1.82, 2.24) is 14.9 Å². The smallest absolute Gasteiger partial charge is 0.271 e. The monoisotopic (exact) mass is 325 g/mol. The van der Waals surface area contributed by atoms with E-state index < -0.39 is 0 Å². The Morgan fingerprint density at radius 3 is 2.86 bits per heavy atom. The second kappa shape index (κ2) is 7.63. The number of aryl methyl sites for hydroxylation is 1. The molecular weight excluding hydrogens is 306 g/mol. The van der Waals surface area contributed by atoms with E-state index >= 15 is 0 Å². The Labute approximate surface area is 132 Å². The number of rotatable bonds is 7. The minimum Gasteiger partial charge on any atom is -0.394 e. The molecular formula is C14H19N3O2S2. The molecule has 0 bridgehead atoms. The lowest BCUT2D eigenvalue weighted by Gasteiger charge is -2.15. The number of amides is 1. The van der Waals surface area contributed by atoms with Crippen LogP contribution in [0.15, 0.2) is 24.5 Å². The van der Waals surface area contributed by atoms with Gasteiger partial charge < -0.3 is 15.0 Å². The molecule has 0 saturated heterocycles. The SMILES string of the molecule is CSCC[C@H](CO)NC(=O)c1nc(-n2cccc2)sc1C. The Morgan fingerprint density at radius 1 is 1.52 bits per heavy atom. The zero-order valence-corrected chi connectivity index (χ0v) is 13.7. The molecule has 0 aliphatic carbocycles. The Bertz CT molecular complexity index is 581. The van der Waals surface area contributed by atoms with Crippen LogP contribution in [0.5, 0.6) is 0 Å².